The molecule has 2 aliphatic rings. The molecule has 1 fully saturated rings. The molecule has 3 aromatic rings. The van der Waals surface area contributed by atoms with E-state index in [9.17, 15) is 9.18 Å². The topological polar surface area (TPSA) is 97.4 Å². The Kier molecular flexibility index (Phi) is 5.48. The molecule has 2 aliphatic heterocycles. The molecule has 0 saturated carbocycles. The van der Waals surface area contributed by atoms with Crippen LogP contribution in [-0.4, -0.2) is 48.9 Å². The standard InChI is InChI=1S/C23H24FN5O3/c1-13-18(11-28-22-21(13)26-4-5-31-22)17-6-15-8-20(27-10-16(15)7-19(17)24)29-23(30)32-12-14-2-3-25-9-14/h6-8,10-11,14,25-26H,2-5,9,12H2,1H3,(H,27,29,30). The Morgan fingerprint density at radius 3 is 2.97 bits per heavy atom. The minimum atomic E-state index is -0.549. The van der Waals surface area contributed by atoms with Crippen LogP contribution < -0.4 is 20.7 Å². The molecule has 9 heteroatoms. The van der Waals surface area contributed by atoms with Crippen LogP contribution in [0.3, 0.4) is 0 Å². The number of aromatic nitrogens is 2. The molecular weight excluding hydrogens is 413 g/mol. The van der Waals surface area contributed by atoms with Crippen molar-refractivity contribution in [2.24, 2.45) is 5.92 Å². The molecule has 0 aliphatic carbocycles. The molecule has 0 bridgehead atoms. The van der Waals surface area contributed by atoms with E-state index in [4.69, 9.17) is 9.47 Å². The lowest BCUT2D eigenvalue weighted by molar-refractivity contribution is 0.144. The summed E-state index contributed by atoms with van der Waals surface area (Å²) in [5.74, 6) is 0.844. The molecule has 32 heavy (non-hydrogen) atoms. The molecule has 1 saturated heterocycles. The third-order valence-corrected chi connectivity index (χ3v) is 5.89. The van der Waals surface area contributed by atoms with E-state index in [1.54, 1.807) is 18.3 Å². The summed E-state index contributed by atoms with van der Waals surface area (Å²) in [5.41, 5.74) is 2.75. The Balaban J connectivity index is 1.40. The summed E-state index contributed by atoms with van der Waals surface area (Å²) >= 11 is 0. The Morgan fingerprint density at radius 2 is 2.12 bits per heavy atom. The van der Waals surface area contributed by atoms with Crippen molar-refractivity contribution in [2.45, 2.75) is 13.3 Å². The monoisotopic (exact) mass is 437 g/mol. The number of carbonyl (C=O) groups is 1. The number of amides is 1. The first-order valence-electron chi connectivity index (χ1n) is 10.7. The van der Waals surface area contributed by atoms with Gasteiger partial charge in [-0.2, -0.15) is 0 Å². The molecule has 8 nitrogen and oxygen atoms in total. The van der Waals surface area contributed by atoms with E-state index in [-0.39, 0.29) is 5.82 Å². The predicted molar refractivity (Wildman–Crippen MR) is 120 cm³/mol. The lowest BCUT2D eigenvalue weighted by Gasteiger charge is -2.21. The van der Waals surface area contributed by atoms with Crippen molar-refractivity contribution in [3.05, 3.63) is 42.0 Å². The van der Waals surface area contributed by atoms with Gasteiger partial charge in [0.25, 0.3) is 0 Å². The second kappa shape index (κ2) is 8.58. The average Bonchev–Trinajstić information content (AvgIpc) is 3.32. The van der Waals surface area contributed by atoms with Gasteiger partial charge in [0.15, 0.2) is 0 Å². The summed E-state index contributed by atoms with van der Waals surface area (Å²) in [4.78, 5) is 20.7. The third kappa shape index (κ3) is 4.03. The van der Waals surface area contributed by atoms with Gasteiger partial charge >= 0.3 is 6.09 Å². The number of pyridine rings is 2. The molecule has 0 radical (unpaired) electrons. The molecule has 1 atom stereocenters. The van der Waals surface area contributed by atoms with Crippen molar-refractivity contribution in [2.75, 3.05) is 43.5 Å². The van der Waals surface area contributed by atoms with Gasteiger partial charge in [0, 0.05) is 47.9 Å². The van der Waals surface area contributed by atoms with Crippen LogP contribution in [0.15, 0.2) is 30.6 Å². The molecule has 1 unspecified atom stereocenters. The number of benzene rings is 1. The minimum absolute atomic E-state index is 0.337. The van der Waals surface area contributed by atoms with Crippen molar-refractivity contribution in [3.8, 4) is 17.0 Å². The second-order valence-corrected chi connectivity index (χ2v) is 8.08. The van der Waals surface area contributed by atoms with Gasteiger partial charge in [0.05, 0.1) is 6.61 Å². The van der Waals surface area contributed by atoms with Crippen molar-refractivity contribution in [1.82, 2.24) is 15.3 Å². The van der Waals surface area contributed by atoms with E-state index in [0.29, 0.717) is 53.9 Å². The summed E-state index contributed by atoms with van der Waals surface area (Å²) in [5, 5.41) is 10.5. The predicted octanol–water partition coefficient (Wildman–Crippen LogP) is 3.71. The van der Waals surface area contributed by atoms with Gasteiger partial charge in [-0.15, -0.1) is 0 Å². The van der Waals surface area contributed by atoms with Crippen molar-refractivity contribution in [1.29, 1.82) is 0 Å². The van der Waals surface area contributed by atoms with E-state index in [0.717, 1.165) is 36.1 Å². The van der Waals surface area contributed by atoms with Crippen LogP contribution in [0.1, 0.15) is 12.0 Å². The van der Waals surface area contributed by atoms with Crippen LogP contribution in [0.25, 0.3) is 21.9 Å². The summed E-state index contributed by atoms with van der Waals surface area (Å²) in [6, 6.07) is 4.89. The quantitative estimate of drug-likeness (QED) is 0.573. The highest BCUT2D eigenvalue weighted by Crippen LogP contribution is 2.37. The maximum atomic E-state index is 15.0. The highest BCUT2D eigenvalue weighted by atomic mass is 19.1. The SMILES string of the molecule is Cc1c(-c2cc3cc(NC(=O)OCC4CCNC4)ncc3cc2F)cnc2c1NCCO2. The van der Waals surface area contributed by atoms with Gasteiger partial charge in [0.1, 0.15) is 23.9 Å². The first-order valence-corrected chi connectivity index (χ1v) is 10.7. The van der Waals surface area contributed by atoms with Crippen LogP contribution in [0, 0.1) is 18.7 Å². The third-order valence-electron chi connectivity index (χ3n) is 5.89. The van der Waals surface area contributed by atoms with E-state index >= 15 is 0 Å². The van der Waals surface area contributed by atoms with Gasteiger partial charge < -0.3 is 20.1 Å². The fourth-order valence-corrected chi connectivity index (χ4v) is 4.12. The van der Waals surface area contributed by atoms with E-state index < -0.39 is 6.09 Å². The number of hydrogen-bond donors (Lipinski definition) is 3. The van der Waals surface area contributed by atoms with Gasteiger partial charge in [0.2, 0.25) is 5.88 Å². The number of rotatable bonds is 4. The van der Waals surface area contributed by atoms with Gasteiger partial charge in [-0.1, -0.05) is 0 Å². The molecule has 166 valence electrons. The van der Waals surface area contributed by atoms with Gasteiger partial charge in [-0.05, 0) is 49.0 Å². The lowest BCUT2D eigenvalue weighted by Crippen LogP contribution is -2.20. The van der Waals surface area contributed by atoms with Gasteiger partial charge in [-0.25, -0.2) is 19.2 Å². The Morgan fingerprint density at radius 1 is 1.22 bits per heavy atom. The summed E-state index contributed by atoms with van der Waals surface area (Å²) in [6.45, 7) is 5.30. The molecule has 2 aromatic heterocycles. The Labute approximate surface area is 184 Å². The van der Waals surface area contributed by atoms with Gasteiger partial charge in [-0.3, -0.25) is 5.32 Å². The van der Waals surface area contributed by atoms with Crippen molar-refractivity contribution >= 4 is 28.4 Å². The molecule has 0 spiro atoms. The average molecular weight is 437 g/mol. The number of halogens is 1. The van der Waals surface area contributed by atoms with Crippen LogP contribution in [0.2, 0.25) is 0 Å². The molecule has 1 aromatic carbocycles. The zero-order valence-corrected chi connectivity index (χ0v) is 17.7. The molecule has 3 N–H and O–H groups in total. The zero-order valence-electron chi connectivity index (χ0n) is 17.7. The Bertz CT molecular complexity index is 1180. The molecule has 1 amide bonds. The zero-order chi connectivity index (χ0) is 22.1. The highest BCUT2D eigenvalue weighted by Gasteiger charge is 2.20. The second-order valence-electron chi connectivity index (χ2n) is 8.08. The number of fused-ring (bicyclic) bond motifs is 2. The fraction of sp³-hybridized carbons (Fsp3) is 0.348. The summed E-state index contributed by atoms with van der Waals surface area (Å²) < 4.78 is 25.8. The van der Waals surface area contributed by atoms with Crippen molar-refractivity contribution < 1.29 is 18.7 Å². The van der Waals surface area contributed by atoms with E-state index in [1.165, 1.54) is 12.3 Å². The minimum Gasteiger partial charge on any atom is -0.474 e. The van der Waals surface area contributed by atoms with Crippen LogP contribution in [-0.2, 0) is 4.74 Å². The smallest absolute Gasteiger partial charge is 0.412 e. The first kappa shape index (κ1) is 20.4. The van der Waals surface area contributed by atoms with E-state index in [2.05, 4.69) is 25.9 Å². The summed E-state index contributed by atoms with van der Waals surface area (Å²) in [7, 11) is 0. The first-order chi connectivity index (χ1) is 15.6. The van der Waals surface area contributed by atoms with Crippen molar-refractivity contribution in [3.63, 3.8) is 0 Å². The van der Waals surface area contributed by atoms with Crippen LogP contribution in [0.5, 0.6) is 5.88 Å². The number of nitrogens with zero attached hydrogens (tertiary/aromatic N) is 2. The Hall–Kier alpha value is -3.46. The number of hydrogen-bond acceptors (Lipinski definition) is 7. The number of carbonyl (C=O) groups excluding carboxylic acids is 1. The normalized spacial score (nSPS) is 17.4. The maximum Gasteiger partial charge on any atom is 0.412 e. The molecular formula is C23H24FN5O3. The summed E-state index contributed by atoms with van der Waals surface area (Å²) in [6.07, 6.45) is 3.61. The fourth-order valence-electron chi connectivity index (χ4n) is 4.12. The molecule has 5 rings (SSSR count). The number of nitrogens with one attached hydrogen (secondary N) is 3. The number of anilines is 2. The maximum absolute atomic E-state index is 15.0. The van der Waals surface area contributed by atoms with Crippen LogP contribution in [0.4, 0.5) is 20.7 Å². The van der Waals surface area contributed by atoms with Crippen LogP contribution >= 0.6 is 0 Å². The molecule has 4 heterocycles. The lowest BCUT2D eigenvalue weighted by atomic mass is 9.98. The number of ether oxygens (including phenoxy) is 2. The van der Waals surface area contributed by atoms with E-state index in [1.807, 2.05) is 6.92 Å². The largest absolute Gasteiger partial charge is 0.474 e. The highest BCUT2D eigenvalue weighted by molar-refractivity contribution is 5.92.